The van der Waals surface area contributed by atoms with Crippen LogP contribution in [0.25, 0.3) is 0 Å². The molecule has 5 nitrogen and oxygen atoms in total. The summed E-state index contributed by atoms with van der Waals surface area (Å²) in [6, 6.07) is 15.8. The molecule has 1 unspecified atom stereocenters. The first kappa shape index (κ1) is 19.8. The molecular formula is C19H23FN4OS. The smallest absolute Gasteiger partial charge is 0.243 e. The molecule has 0 heterocycles. The van der Waals surface area contributed by atoms with Gasteiger partial charge in [-0.15, -0.1) is 11.8 Å². The third kappa shape index (κ3) is 7.14. The summed E-state index contributed by atoms with van der Waals surface area (Å²) in [5.41, 5.74) is 0.550. The van der Waals surface area contributed by atoms with E-state index in [0.717, 1.165) is 0 Å². The van der Waals surface area contributed by atoms with E-state index in [4.69, 9.17) is 0 Å². The Morgan fingerprint density at radius 2 is 1.81 bits per heavy atom. The molecule has 2 rings (SSSR count). The third-order valence-corrected chi connectivity index (χ3v) is 4.52. The second-order valence-electron chi connectivity index (χ2n) is 5.60. The van der Waals surface area contributed by atoms with Gasteiger partial charge in [0.2, 0.25) is 5.91 Å². The molecule has 0 bridgehead atoms. The average Bonchev–Trinajstić information content (AvgIpc) is 2.64. The van der Waals surface area contributed by atoms with Crippen molar-refractivity contribution in [3.05, 3.63) is 60.4 Å². The largest absolute Gasteiger partial charge is 0.355 e. The molecule has 1 amide bonds. The molecule has 0 aliphatic carbocycles. The van der Waals surface area contributed by atoms with E-state index in [9.17, 15) is 9.18 Å². The van der Waals surface area contributed by atoms with E-state index in [2.05, 4.69) is 40.0 Å². The predicted octanol–water partition coefficient (Wildman–Crippen LogP) is 3.11. The van der Waals surface area contributed by atoms with Crippen molar-refractivity contribution in [3.63, 3.8) is 0 Å². The normalized spacial score (nSPS) is 12.3. The van der Waals surface area contributed by atoms with Gasteiger partial charge in [0.1, 0.15) is 5.82 Å². The minimum atomic E-state index is -0.340. The number of aliphatic imine (C=N–C) groups is 1. The predicted molar refractivity (Wildman–Crippen MR) is 106 cm³/mol. The van der Waals surface area contributed by atoms with Crippen molar-refractivity contribution in [2.75, 3.05) is 25.5 Å². The third-order valence-electron chi connectivity index (χ3n) is 3.41. The molecule has 26 heavy (non-hydrogen) atoms. The Morgan fingerprint density at radius 3 is 2.46 bits per heavy atom. The molecule has 7 heteroatoms. The molecule has 0 aliphatic heterocycles. The minimum absolute atomic E-state index is 0.0667. The lowest BCUT2D eigenvalue weighted by molar-refractivity contribution is -0.115. The maximum absolute atomic E-state index is 12.9. The number of benzene rings is 2. The lowest BCUT2D eigenvalue weighted by Crippen LogP contribution is -2.43. The molecule has 1 atom stereocenters. The second-order valence-corrected chi connectivity index (χ2v) is 7.12. The van der Waals surface area contributed by atoms with Crippen molar-refractivity contribution in [3.8, 4) is 0 Å². The van der Waals surface area contributed by atoms with E-state index in [1.54, 1.807) is 18.8 Å². The summed E-state index contributed by atoms with van der Waals surface area (Å²) in [6.07, 6.45) is 0. The summed E-state index contributed by atoms with van der Waals surface area (Å²) in [4.78, 5) is 17.3. The molecule has 0 spiro atoms. The highest BCUT2D eigenvalue weighted by molar-refractivity contribution is 8.00. The number of hydrogen-bond donors (Lipinski definition) is 3. The first-order valence-electron chi connectivity index (χ1n) is 8.28. The number of hydrogen-bond acceptors (Lipinski definition) is 3. The van der Waals surface area contributed by atoms with Gasteiger partial charge >= 0.3 is 0 Å². The van der Waals surface area contributed by atoms with Gasteiger partial charge in [-0.05, 0) is 36.4 Å². The lowest BCUT2D eigenvalue weighted by Gasteiger charge is -2.16. The van der Waals surface area contributed by atoms with E-state index >= 15 is 0 Å². The first-order valence-corrected chi connectivity index (χ1v) is 9.16. The van der Waals surface area contributed by atoms with Crippen molar-refractivity contribution < 1.29 is 9.18 Å². The summed E-state index contributed by atoms with van der Waals surface area (Å²) in [5.74, 6) is -0.0146. The summed E-state index contributed by atoms with van der Waals surface area (Å²) >= 11 is 1.77. The van der Waals surface area contributed by atoms with Crippen LogP contribution >= 0.6 is 11.8 Å². The van der Waals surface area contributed by atoms with E-state index in [0.29, 0.717) is 23.4 Å². The van der Waals surface area contributed by atoms with Crippen LogP contribution in [0.5, 0.6) is 0 Å². The van der Waals surface area contributed by atoms with Gasteiger partial charge in [-0.25, -0.2) is 4.39 Å². The maximum atomic E-state index is 12.9. The number of halogens is 1. The molecule has 0 aliphatic rings. The van der Waals surface area contributed by atoms with Crippen LogP contribution in [0.4, 0.5) is 10.1 Å². The van der Waals surface area contributed by atoms with Gasteiger partial charge in [0, 0.05) is 29.4 Å². The van der Waals surface area contributed by atoms with Crippen molar-refractivity contribution in [2.24, 2.45) is 4.99 Å². The topological polar surface area (TPSA) is 65.5 Å². The van der Waals surface area contributed by atoms with Crippen LogP contribution in [-0.4, -0.2) is 37.3 Å². The molecular weight excluding hydrogens is 351 g/mol. The molecule has 0 radical (unpaired) electrons. The summed E-state index contributed by atoms with van der Waals surface area (Å²) in [7, 11) is 1.65. The van der Waals surface area contributed by atoms with Crippen LogP contribution < -0.4 is 16.0 Å². The summed E-state index contributed by atoms with van der Waals surface area (Å²) in [6.45, 7) is 2.90. The average molecular weight is 374 g/mol. The number of thioether (sulfide) groups is 1. The molecule has 3 N–H and O–H groups in total. The van der Waals surface area contributed by atoms with E-state index < -0.39 is 0 Å². The van der Waals surface area contributed by atoms with Crippen LogP contribution in [-0.2, 0) is 4.79 Å². The lowest BCUT2D eigenvalue weighted by atomic mass is 10.3. The fraction of sp³-hybridized carbons (Fsp3) is 0.263. The Kier molecular flexibility index (Phi) is 7.95. The Labute approximate surface area is 157 Å². The van der Waals surface area contributed by atoms with Gasteiger partial charge in [0.25, 0.3) is 0 Å². The number of guanidine groups is 1. The van der Waals surface area contributed by atoms with Crippen LogP contribution in [0.2, 0.25) is 0 Å². The van der Waals surface area contributed by atoms with Crippen molar-refractivity contribution >= 4 is 29.3 Å². The van der Waals surface area contributed by atoms with Gasteiger partial charge in [0.05, 0.1) is 6.54 Å². The zero-order valence-electron chi connectivity index (χ0n) is 14.8. The fourth-order valence-electron chi connectivity index (χ4n) is 2.14. The first-order chi connectivity index (χ1) is 12.6. The Balaban J connectivity index is 1.71. The summed E-state index contributed by atoms with van der Waals surface area (Å²) < 4.78 is 12.9. The molecule has 2 aromatic rings. The van der Waals surface area contributed by atoms with Crippen molar-refractivity contribution in [2.45, 2.75) is 17.1 Å². The quantitative estimate of drug-likeness (QED) is 0.396. The van der Waals surface area contributed by atoms with E-state index in [1.165, 1.54) is 29.2 Å². The number of nitrogens with one attached hydrogen (secondary N) is 3. The number of anilines is 1. The maximum Gasteiger partial charge on any atom is 0.243 e. The molecule has 138 valence electrons. The Bertz CT molecular complexity index is 722. The molecule has 0 aromatic heterocycles. The monoisotopic (exact) mass is 374 g/mol. The molecule has 0 saturated heterocycles. The molecule has 2 aromatic carbocycles. The highest BCUT2D eigenvalue weighted by Crippen LogP contribution is 2.21. The van der Waals surface area contributed by atoms with Crippen LogP contribution in [0, 0.1) is 5.82 Å². The van der Waals surface area contributed by atoms with Crippen molar-refractivity contribution in [1.82, 2.24) is 10.6 Å². The Morgan fingerprint density at radius 1 is 1.12 bits per heavy atom. The Hall–Kier alpha value is -2.54. The fourth-order valence-corrected chi connectivity index (χ4v) is 3.08. The summed E-state index contributed by atoms with van der Waals surface area (Å²) in [5, 5.41) is 9.20. The number of amides is 1. The second kappa shape index (κ2) is 10.5. The van der Waals surface area contributed by atoms with Gasteiger partial charge in [0.15, 0.2) is 5.96 Å². The van der Waals surface area contributed by atoms with E-state index in [1.807, 2.05) is 18.2 Å². The van der Waals surface area contributed by atoms with Gasteiger partial charge in [-0.1, -0.05) is 25.1 Å². The SMILES string of the molecule is CN=C(NCC(=O)Nc1ccc(F)cc1)NCC(C)Sc1ccccc1. The number of carbonyl (C=O) groups excluding carboxylic acids is 1. The zero-order chi connectivity index (χ0) is 18.8. The number of rotatable bonds is 7. The van der Waals surface area contributed by atoms with Gasteiger partial charge < -0.3 is 16.0 Å². The van der Waals surface area contributed by atoms with E-state index in [-0.39, 0.29) is 18.3 Å². The van der Waals surface area contributed by atoms with Crippen LogP contribution in [0.3, 0.4) is 0 Å². The zero-order valence-corrected chi connectivity index (χ0v) is 15.6. The highest BCUT2D eigenvalue weighted by atomic mass is 32.2. The number of carbonyl (C=O) groups is 1. The molecule has 0 saturated carbocycles. The standard InChI is InChI=1S/C19H23FN4OS/c1-14(26-17-6-4-3-5-7-17)12-22-19(21-2)23-13-18(25)24-16-10-8-15(20)9-11-16/h3-11,14H,12-13H2,1-2H3,(H,24,25)(H2,21,22,23). The van der Waals surface area contributed by atoms with Gasteiger partial charge in [-0.3, -0.25) is 9.79 Å². The highest BCUT2D eigenvalue weighted by Gasteiger charge is 2.07. The van der Waals surface area contributed by atoms with Crippen molar-refractivity contribution in [1.29, 1.82) is 0 Å². The van der Waals surface area contributed by atoms with Crippen LogP contribution in [0.15, 0.2) is 64.5 Å². The number of nitrogens with zero attached hydrogens (tertiary/aromatic N) is 1. The molecule has 0 fully saturated rings. The van der Waals surface area contributed by atoms with Gasteiger partial charge in [-0.2, -0.15) is 0 Å². The minimum Gasteiger partial charge on any atom is -0.355 e. The van der Waals surface area contributed by atoms with Crippen LogP contribution in [0.1, 0.15) is 6.92 Å².